The highest BCUT2D eigenvalue weighted by atomic mass is 35.5. The first-order valence-corrected chi connectivity index (χ1v) is 12.4. The normalized spacial score (nSPS) is 17.8. The first-order valence-electron chi connectivity index (χ1n) is 11.7. The van der Waals surface area contributed by atoms with Gasteiger partial charge in [0.15, 0.2) is 5.69 Å². The fourth-order valence-electron chi connectivity index (χ4n) is 4.69. The van der Waals surface area contributed by atoms with Crippen LogP contribution in [0.1, 0.15) is 34.5 Å². The first kappa shape index (κ1) is 26.0. The maximum absolute atomic E-state index is 12.1. The SMILES string of the molecule is [C-]#[N+]c1ccc([C@](C)(O)CN2CCN(c3ccc(C(=O)NC)cc3Cl)[C@H](c3ccc(Cl)cc3)C2)cc1. The molecule has 8 heteroatoms. The molecule has 186 valence electrons. The van der Waals surface area contributed by atoms with Crippen molar-refractivity contribution in [2.24, 2.45) is 0 Å². The minimum absolute atomic E-state index is 0.0420. The van der Waals surface area contributed by atoms with Crippen molar-refractivity contribution in [2.75, 3.05) is 38.1 Å². The van der Waals surface area contributed by atoms with Crippen molar-refractivity contribution in [3.63, 3.8) is 0 Å². The molecule has 0 radical (unpaired) electrons. The van der Waals surface area contributed by atoms with Gasteiger partial charge in [-0.2, -0.15) is 0 Å². The van der Waals surface area contributed by atoms with Crippen LogP contribution in [-0.4, -0.2) is 49.1 Å². The lowest BCUT2D eigenvalue weighted by Gasteiger charge is -2.45. The molecule has 0 spiro atoms. The van der Waals surface area contributed by atoms with Crippen LogP contribution in [-0.2, 0) is 5.60 Å². The summed E-state index contributed by atoms with van der Waals surface area (Å²) in [6.45, 7) is 11.4. The molecule has 2 N–H and O–H groups in total. The van der Waals surface area contributed by atoms with Gasteiger partial charge in [-0.25, -0.2) is 4.85 Å². The second-order valence-corrected chi connectivity index (χ2v) is 10.0. The van der Waals surface area contributed by atoms with Gasteiger partial charge in [0, 0.05) is 43.8 Å². The van der Waals surface area contributed by atoms with E-state index in [2.05, 4.69) is 20.0 Å². The van der Waals surface area contributed by atoms with Gasteiger partial charge < -0.3 is 15.3 Å². The van der Waals surface area contributed by atoms with Crippen molar-refractivity contribution in [3.05, 3.63) is 105 Å². The molecule has 4 rings (SSSR count). The van der Waals surface area contributed by atoms with Gasteiger partial charge >= 0.3 is 0 Å². The summed E-state index contributed by atoms with van der Waals surface area (Å²) in [5.41, 5.74) is 2.67. The summed E-state index contributed by atoms with van der Waals surface area (Å²) in [5.74, 6) is -0.186. The first-order chi connectivity index (χ1) is 17.2. The number of hydrogen-bond acceptors (Lipinski definition) is 4. The van der Waals surface area contributed by atoms with E-state index in [1.165, 1.54) is 0 Å². The highest BCUT2D eigenvalue weighted by molar-refractivity contribution is 6.33. The second kappa shape index (κ2) is 10.9. The molecule has 1 aliphatic rings. The van der Waals surface area contributed by atoms with E-state index >= 15 is 0 Å². The molecule has 6 nitrogen and oxygen atoms in total. The summed E-state index contributed by atoms with van der Waals surface area (Å²) in [7, 11) is 1.59. The van der Waals surface area contributed by atoms with Gasteiger partial charge in [0.1, 0.15) is 0 Å². The molecule has 0 bridgehead atoms. The number of aliphatic hydroxyl groups is 1. The summed E-state index contributed by atoms with van der Waals surface area (Å²) in [4.78, 5) is 20.0. The second-order valence-electron chi connectivity index (χ2n) is 9.17. The third-order valence-corrected chi connectivity index (χ3v) is 7.17. The molecular formula is C28H28Cl2N4O2. The number of carbonyl (C=O) groups is 1. The molecule has 1 heterocycles. The molecule has 0 saturated carbocycles. The van der Waals surface area contributed by atoms with Crippen LogP contribution in [0.5, 0.6) is 0 Å². The predicted octanol–water partition coefficient (Wildman–Crippen LogP) is 5.67. The largest absolute Gasteiger partial charge is 0.384 e. The summed E-state index contributed by atoms with van der Waals surface area (Å²) in [5, 5.41) is 15.1. The van der Waals surface area contributed by atoms with Crippen molar-refractivity contribution >= 4 is 40.5 Å². The lowest BCUT2D eigenvalue weighted by atomic mass is 9.93. The van der Waals surface area contributed by atoms with Crippen LogP contribution >= 0.6 is 23.2 Å². The number of nitrogens with zero attached hydrogens (tertiary/aromatic N) is 3. The molecule has 0 aliphatic carbocycles. The summed E-state index contributed by atoms with van der Waals surface area (Å²) < 4.78 is 0. The monoisotopic (exact) mass is 522 g/mol. The van der Waals surface area contributed by atoms with Crippen molar-refractivity contribution in [1.82, 2.24) is 10.2 Å². The molecule has 1 amide bonds. The number of β-amino-alcohol motifs (C(OH)–C–C–N with tert-alkyl or cyclic N) is 1. The Labute approximate surface area is 221 Å². The zero-order chi connectivity index (χ0) is 25.9. The Hall–Kier alpha value is -3.08. The van der Waals surface area contributed by atoms with Gasteiger partial charge in [-0.15, -0.1) is 0 Å². The number of piperazine rings is 1. The smallest absolute Gasteiger partial charge is 0.251 e. The molecule has 36 heavy (non-hydrogen) atoms. The molecule has 1 saturated heterocycles. The Bertz CT molecular complexity index is 1270. The molecular weight excluding hydrogens is 495 g/mol. The minimum Gasteiger partial charge on any atom is -0.384 e. The number of anilines is 1. The van der Waals surface area contributed by atoms with E-state index in [9.17, 15) is 9.90 Å². The Balaban J connectivity index is 1.61. The van der Waals surface area contributed by atoms with Gasteiger partial charge in [0.05, 0.1) is 28.9 Å². The predicted molar refractivity (Wildman–Crippen MR) is 145 cm³/mol. The van der Waals surface area contributed by atoms with E-state index in [1.807, 2.05) is 42.5 Å². The number of nitrogens with one attached hydrogen (secondary N) is 1. The van der Waals surface area contributed by atoms with E-state index in [0.717, 1.165) is 16.8 Å². The van der Waals surface area contributed by atoms with Crippen LogP contribution in [0.25, 0.3) is 4.85 Å². The van der Waals surface area contributed by atoms with E-state index < -0.39 is 5.60 Å². The summed E-state index contributed by atoms with van der Waals surface area (Å²) in [6.07, 6.45) is 0. The van der Waals surface area contributed by atoms with Crippen molar-refractivity contribution < 1.29 is 9.90 Å². The molecule has 3 aromatic carbocycles. The standard InChI is InChI=1S/C28H28Cl2N4O2/c1-28(36,21-7-11-23(31-2)12-8-21)18-33-14-15-34(26(17-33)19-4-9-22(29)10-5-19)25-13-6-20(16-24(25)30)27(35)32-3/h4-13,16,26,36H,14-15,17-18H2,1,3H3,(H,32,35)/t26-,28+/m0/s1. The number of hydrogen-bond donors (Lipinski definition) is 2. The van der Waals surface area contributed by atoms with E-state index in [-0.39, 0.29) is 11.9 Å². The van der Waals surface area contributed by atoms with Gasteiger partial charge in [0.25, 0.3) is 5.91 Å². The average molecular weight is 523 g/mol. The van der Waals surface area contributed by atoms with Gasteiger partial charge in [-0.3, -0.25) is 9.69 Å². The molecule has 2 atom stereocenters. The number of carbonyl (C=O) groups excluding carboxylic acids is 1. The average Bonchev–Trinajstić information content (AvgIpc) is 2.88. The molecule has 3 aromatic rings. The van der Waals surface area contributed by atoms with Gasteiger partial charge in [0.2, 0.25) is 0 Å². The third-order valence-electron chi connectivity index (χ3n) is 6.62. The molecule has 0 aromatic heterocycles. The summed E-state index contributed by atoms with van der Waals surface area (Å²) >= 11 is 12.8. The Kier molecular flexibility index (Phi) is 7.87. The van der Waals surface area contributed by atoms with Crippen LogP contribution in [0.15, 0.2) is 66.7 Å². The lowest BCUT2D eigenvalue weighted by molar-refractivity contribution is 0.0103. The Morgan fingerprint density at radius 2 is 1.81 bits per heavy atom. The van der Waals surface area contributed by atoms with Gasteiger partial charge in [-0.1, -0.05) is 59.6 Å². The van der Waals surface area contributed by atoms with E-state index in [1.54, 1.807) is 38.2 Å². The van der Waals surface area contributed by atoms with Crippen molar-refractivity contribution in [3.8, 4) is 0 Å². The van der Waals surface area contributed by atoms with Crippen LogP contribution in [0.2, 0.25) is 10.0 Å². The molecule has 1 fully saturated rings. The molecule has 1 aliphatic heterocycles. The van der Waals surface area contributed by atoms with Crippen LogP contribution < -0.4 is 10.2 Å². The zero-order valence-electron chi connectivity index (χ0n) is 20.2. The minimum atomic E-state index is -1.08. The zero-order valence-corrected chi connectivity index (χ0v) is 21.7. The fraction of sp³-hybridized carbons (Fsp3) is 0.286. The topological polar surface area (TPSA) is 60.2 Å². The van der Waals surface area contributed by atoms with E-state index in [4.69, 9.17) is 29.8 Å². The Morgan fingerprint density at radius 1 is 1.11 bits per heavy atom. The fourth-order valence-corrected chi connectivity index (χ4v) is 5.10. The number of benzene rings is 3. The third kappa shape index (κ3) is 5.66. The van der Waals surface area contributed by atoms with Gasteiger partial charge in [-0.05, 0) is 48.4 Å². The Morgan fingerprint density at radius 3 is 2.42 bits per heavy atom. The highest BCUT2D eigenvalue weighted by Gasteiger charge is 2.34. The number of halogens is 2. The highest BCUT2D eigenvalue weighted by Crippen LogP contribution is 2.37. The van der Waals surface area contributed by atoms with Crippen molar-refractivity contribution in [1.29, 1.82) is 0 Å². The summed E-state index contributed by atoms with van der Waals surface area (Å²) in [6, 6.07) is 20.2. The van der Waals surface area contributed by atoms with Crippen LogP contribution in [0.4, 0.5) is 11.4 Å². The number of amides is 1. The lowest BCUT2D eigenvalue weighted by Crippen LogP contribution is -2.52. The quantitative estimate of drug-likeness (QED) is 0.409. The van der Waals surface area contributed by atoms with Crippen LogP contribution in [0, 0.1) is 6.57 Å². The van der Waals surface area contributed by atoms with E-state index in [0.29, 0.717) is 47.5 Å². The van der Waals surface area contributed by atoms with Crippen LogP contribution in [0.3, 0.4) is 0 Å². The maximum Gasteiger partial charge on any atom is 0.251 e. The maximum atomic E-state index is 12.1. The number of rotatable bonds is 6. The van der Waals surface area contributed by atoms with Crippen molar-refractivity contribution in [2.45, 2.75) is 18.6 Å². The molecule has 0 unspecified atom stereocenters.